The zero-order valence-electron chi connectivity index (χ0n) is 10.2. The summed E-state index contributed by atoms with van der Waals surface area (Å²) in [5.41, 5.74) is 2.34. The zero-order valence-corrected chi connectivity index (χ0v) is 11.0. The maximum Gasteiger partial charge on any atom is 0.125 e. The number of aromatic nitrogens is 2. The summed E-state index contributed by atoms with van der Waals surface area (Å²) in [5.74, 6) is 1.58. The average Bonchev–Trinajstić information content (AvgIpc) is 3.13. The Morgan fingerprint density at radius 2 is 2.24 bits per heavy atom. The van der Waals surface area contributed by atoms with Gasteiger partial charge in [0.05, 0.1) is 5.69 Å². The highest BCUT2D eigenvalue weighted by molar-refractivity contribution is 7.15. The minimum absolute atomic E-state index is 0.679. The predicted molar refractivity (Wildman–Crippen MR) is 71.2 cm³/mol. The van der Waals surface area contributed by atoms with Crippen LogP contribution in [-0.4, -0.2) is 9.97 Å². The van der Waals surface area contributed by atoms with E-state index in [0.29, 0.717) is 5.92 Å². The van der Waals surface area contributed by atoms with Crippen molar-refractivity contribution in [2.24, 2.45) is 5.92 Å². The van der Waals surface area contributed by atoms with Gasteiger partial charge in [-0.25, -0.2) is 4.98 Å². The molecule has 3 rings (SSSR count). The molecule has 0 N–H and O–H groups in total. The van der Waals surface area contributed by atoms with E-state index in [0.717, 1.165) is 16.5 Å². The molecular weight excluding hydrogens is 228 g/mol. The second-order valence-corrected chi connectivity index (χ2v) is 5.87. The lowest BCUT2D eigenvalue weighted by Gasteiger charge is -2.06. The van der Waals surface area contributed by atoms with Crippen LogP contribution in [0.2, 0.25) is 0 Å². The van der Waals surface area contributed by atoms with Crippen LogP contribution in [0.1, 0.15) is 36.3 Å². The van der Waals surface area contributed by atoms with Crippen molar-refractivity contribution in [3.8, 4) is 10.6 Å². The van der Waals surface area contributed by atoms with Crippen molar-refractivity contribution in [1.82, 2.24) is 9.97 Å². The molecule has 0 saturated heterocycles. The number of hydrogen-bond donors (Lipinski definition) is 0. The van der Waals surface area contributed by atoms with Crippen molar-refractivity contribution in [3.05, 3.63) is 35.1 Å². The highest BCUT2D eigenvalue weighted by Gasteiger charge is 2.31. The van der Waals surface area contributed by atoms with Crippen LogP contribution in [0.5, 0.6) is 0 Å². The minimum Gasteiger partial charge on any atom is -0.264 e. The first kappa shape index (κ1) is 10.9. The third kappa shape index (κ3) is 2.12. The number of aryl methyl sites for hydroxylation is 1. The van der Waals surface area contributed by atoms with Crippen LogP contribution in [0.25, 0.3) is 10.6 Å². The number of nitrogens with zero attached hydrogens (tertiary/aromatic N) is 2. The molecule has 88 valence electrons. The van der Waals surface area contributed by atoms with E-state index in [1.165, 1.54) is 23.4 Å². The lowest BCUT2D eigenvalue weighted by molar-refractivity contribution is 0.670. The standard InChI is InChI=1S/C14H16N2S/c1-9(11-5-6-11)13-10(2)16-14(17-13)12-4-3-7-15-8-12/h3-4,7-9,11H,5-6H2,1-2H3. The molecule has 0 aliphatic heterocycles. The summed E-state index contributed by atoms with van der Waals surface area (Å²) in [7, 11) is 0. The molecule has 0 spiro atoms. The molecule has 1 unspecified atom stereocenters. The number of hydrogen-bond acceptors (Lipinski definition) is 3. The van der Waals surface area contributed by atoms with Crippen molar-refractivity contribution in [3.63, 3.8) is 0 Å². The van der Waals surface area contributed by atoms with Gasteiger partial charge >= 0.3 is 0 Å². The van der Waals surface area contributed by atoms with Gasteiger partial charge in [0.25, 0.3) is 0 Å². The van der Waals surface area contributed by atoms with E-state index >= 15 is 0 Å². The SMILES string of the molecule is Cc1nc(-c2cccnc2)sc1C(C)C1CC1. The van der Waals surface area contributed by atoms with Gasteiger partial charge in [0.2, 0.25) is 0 Å². The van der Waals surface area contributed by atoms with E-state index in [4.69, 9.17) is 4.98 Å². The summed E-state index contributed by atoms with van der Waals surface area (Å²) in [6, 6.07) is 4.05. The molecular formula is C14H16N2S. The molecule has 0 aromatic carbocycles. The Morgan fingerprint density at radius 3 is 2.88 bits per heavy atom. The van der Waals surface area contributed by atoms with E-state index < -0.39 is 0 Å². The molecule has 0 bridgehead atoms. The lowest BCUT2D eigenvalue weighted by Crippen LogP contribution is -1.94. The van der Waals surface area contributed by atoms with Gasteiger partial charge in [0.1, 0.15) is 5.01 Å². The molecule has 0 radical (unpaired) electrons. The highest BCUT2D eigenvalue weighted by Crippen LogP contribution is 2.45. The topological polar surface area (TPSA) is 25.8 Å². The second kappa shape index (κ2) is 4.22. The molecule has 2 aromatic heterocycles. The summed E-state index contributed by atoms with van der Waals surface area (Å²) in [4.78, 5) is 10.3. The predicted octanol–water partition coefficient (Wildman–Crippen LogP) is 4.03. The van der Waals surface area contributed by atoms with Crippen molar-refractivity contribution < 1.29 is 0 Å². The molecule has 17 heavy (non-hydrogen) atoms. The average molecular weight is 244 g/mol. The number of pyridine rings is 1. The first-order valence-electron chi connectivity index (χ1n) is 6.13. The van der Waals surface area contributed by atoms with Gasteiger partial charge < -0.3 is 0 Å². The minimum atomic E-state index is 0.679. The van der Waals surface area contributed by atoms with E-state index in [1.807, 2.05) is 23.6 Å². The first-order chi connectivity index (χ1) is 8.25. The van der Waals surface area contributed by atoms with Gasteiger partial charge in [0, 0.05) is 22.8 Å². The fourth-order valence-electron chi connectivity index (χ4n) is 2.25. The molecule has 1 atom stereocenters. The Bertz CT molecular complexity index is 514. The molecule has 0 amide bonds. The maximum absolute atomic E-state index is 4.69. The highest BCUT2D eigenvalue weighted by atomic mass is 32.1. The fraction of sp³-hybridized carbons (Fsp3) is 0.429. The fourth-order valence-corrected chi connectivity index (χ4v) is 3.45. The van der Waals surface area contributed by atoms with Crippen LogP contribution in [-0.2, 0) is 0 Å². The summed E-state index contributed by atoms with van der Waals surface area (Å²) < 4.78 is 0. The third-order valence-corrected chi connectivity index (χ3v) is 4.89. The van der Waals surface area contributed by atoms with E-state index in [-0.39, 0.29) is 0 Å². The van der Waals surface area contributed by atoms with Crippen LogP contribution in [0.4, 0.5) is 0 Å². The molecule has 1 aliphatic carbocycles. The van der Waals surface area contributed by atoms with Crippen molar-refractivity contribution in [1.29, 1.82) is 0 Å². The maximum atomic E-state index is 4.69. The van der Waals surface area contributed by atoms with Gasteiger partial charge in [-0.05, 0) is 43.7 Å². The molecule has 1 saturated carbocycles. The lowest BCUT2D eigenvalue weighted by atomic mass is 10.0. The Kier molecular flexibility index (Phi) is 2.71. The third-order valence-electron chi connectivity index (χ3n) is 3.48. The number of rotatable bonds is 3. The van der Waals surface area contributed by atoms with Crippen molar-refractivity contribution >= 4 is 11.3 Å². The molecule has 3 heteroatoms. The Labute approximate surface area is 106 Å². The van der Waals surface area contributed by atoms with Gasteiger partial charge in [-0.3, -0.25) is 4.98 Å². The monoisotopic (exact) mass is 244 g/mol. The van der Waals surface area contributed by atoms with E-state index in [1.54, 1.807) is 6.20 Å². The quantitative estimate of drug-likeness (QED) is 0.814. The number of thiazole rings is 1. The Balaban J connectivity index is 1.95. The van der Waals surface area contributed by atoms with Crippen LogP contribution in [0.3, 0.4) is 0 Å². The molecule has 1 aliphatic rings. The summed E-state index contributed by atoms with van der Waals surface area (Å²) >= 11 is 1.84. The Hall–Kier alpha value is -1.22. The second-order valence-electron chi connectivity index (χ2n) is 4.84. The summed E-state index contributed by atoms with van der Waals surface area (Å²) in [6.45, 7) is 4.47. The van der Waals surface area contributed by atoms with E-state index in [9.17, 15) is 0 Å². The molecule has 2 aromatic rings. The summed E-state index contributed by atoms with van der Waals surface area (Å²) in [6.07, 6.45) is 6.48. The molecule has 1 fully saturated rings. The smallest absolute Gasteiger partial charge is 0.125 e. The summed E-state index contributed by atoms with van der Waals surface area (Å²) in [5, 5.41) is 1.11. The first-order valence-corrected chi connectivity index (χ1v) is 6.95. The molecule has 2 heterocycles. The molecule has 2 nitrogen and oxygen atoms in total. The van der Waals surface area contributed by atoms with E-state index in [2.05, 4.69) is 24.9 Å². The van der Waals surface area contributed by atoms with Crippen LogP contribution < -0.4 is 0 Å². The largest absolute Gasteiger partial charge is 0.264 e. The van der Waals surface area contributed by atoms with Gasteiger partial charge in [-0.2, -0.15) is 0 Å². The Morgan fingerprint density at radius 1 is 1.41 bits per heavy atom. The van der Waals surface area contributed by atoms with Gasteiger partial charge in [0.15, 0.2) is 0 Å². The van der Waals surface area contributed by atoms with Crippen molar-refractivity contribution in [2.75, 3.05) is 0 Å². The zero-order chi connectivity index (χ0) is 11.8. The van der Waals surface area contributed by atoms with Gasteiger partial charge in [-0.1, -0.05) is 6.92 Å². The van der Waals surface area contributed by atoms with Gasteiger partial charge in [-0.15, -0.1) is 11.3 Å². The van der Waals surface area contributed by atoms with Crippen molar-refractivity contribution in [2.45, 2.75) is 32.6 Å². The van der Waals surface area contributed by atoms with Crippen LogP contribution in [0, 0.1) is 12.8 Å². The van der Waals surface area contributed by atoms with Crippen LogP contribution >= 0.6 is 11.3 Å². The van der Waals surface area contributed by atoms with Crippen LogP contribution in [0.15, 0.2) is 24.5 Å². The normalized spacial score (nSPS) is 17.1.